The van der Waals surface area contributed by atoms with Gasteiger partial charge in [0.05, 0.1) is 0 Å². The summed E-state index contributed by atoms with van der Waals surface area (Å²) in [5.41, 5.74) is 0. The molecule has 8 unspecified atom stereocenters. The molecule has 19 heavy (non-hydrogen) atoms. The van der Waals surface area contributed by atoms with E-state index in [4.69, 9.17) is 0 Å². The van der Waals surface area contributed by atoms with E-state index in [1.165, 1.54) is 28.9 Å². The second-order valence-electron chi connectivity index (χ2n) is 11.9. The fourth-order valence-corrected chi connectivity index (χ4v) is 110. The maximum atomic E-state index is 2.64. The zero-order valence-corrected chi connectivity index (χ0v) is 13.8. The Bertz CT molecular complexity index is 957. The minimum atomic E-state index is -3.16. The first-order chi connectivity index (χ1) is 8.96. The van der Waals surface area contributed by atoms with Crippen molar-refractivity contribution >= 4 is 0 Å². The Morgan fingerprint density at radius 3 is 1.00 bits per heavy atom. The predicted molar refractivity (Wildman–Crippen MR) is 74.4 cm³/mol. The monoisotopic (exact) mass is 298 g/mol. The molecule has 0 amide bonds. The Morgan fingerprint density at radius 1 is 0.579 bits per heavy atom. The molecule has 0 saturated carbocycles. The van der Waals surface area contributed by atoms with Gasteiger partial charge in [0.25, 0.3) is 0 Å². The third-order valence-corrected chi connectivity index (χ3v) is 65.2. The minimum absolute atomic E-state index is 1.11. The first-order valence-corrected chi connectivity index (χ1v) is 15.2. The SMILES string of the molecule is CC[C]12[CH]3[CH]4[CH]5[C]1(CC)[Fe]43521678[CH]2[CH]1[C]6(CC)[C]7(CC)[CH]28. The van der Waals surface area contributed by atoms with Crippen molar-refractivity contribution < 1.29 is 6.51 Å². The third kappa shape index (κ3) is 0.0711. The fraction of sp³-hybridized carbons (Fsp3) is 1.00. The second kappa shape index (κ2) is 0.679. The molecule has 106 valence electrons. The molecule has 10 fully saturated rings. The van der Waals surface area contributed by atoms with Crippen molar-refractivity contribution in [2.75, 3.05) is 0 Å². The quantitative estimate of drug-likeness (QED) is 0.520. The Morgan fingerprint density at radius 2 is 0.842 bits per heavy atom. The zero-order chi connectivity index (χ0) is 12.6. The molecular weight excluding hydrogens is 272 g/mol. The Labute approximate surface area is 106 Å². The third-order valence-electron chi connectivity index (χ3n) is 18.5. The summed E-state index contributed by atoms with van der Waals surface area (Å²) < 4.78 is 4.43. The van der Waals surface area contributed by atoms with Gasteiger partial charge in [-0.2, -0.15) is 0 Å². The molecule has 10 aliphatic rings. The van der Waals surface area contributed by atoms with E-state index in [2.05, 4.69) is 27.7 Å². The average Bonchev–Trinajstić information content (AvgIpc) is 3.39. The normalized spacial score (nSPS) is 120. The van der Waals surface area contributed by atoms with E-state index in [0.717, 1.165) is 17.3 Å². The van der Waals surface area contributed by atoms with Crippen LogP contribution in [0.1, 0.15) is 53.4 Å². The van der Waals surface area contributed by atoms with Crippen LogP contribution in [0, 0.1) is 0 Å². The molecule has 0 aromatic carbocycles. The van der Waals surface area contributed by atoms with Crippen molar-refractivity contribution in [3.63, 3.8) is 0 Å². The molecule has 10 saturated heterocycles. The molecule has 10 rings (SSSR count). The molecule has 0 aliphatic carbocycles. The number of hydrogen-bond donors (Lipinski definition) is 0. The molecule has 1 heteroatoms. The van der Waals surface area contributed by atoms with Crippen molar-refractivity contribution in [2.24, 2.45) is 0 Å². The van der Waals surface area contributed by atoms with Crippen LogP contribution in [0.3, 0.4) is 0 Å². The van der Waals surface area contributed by atoms with E-state index >= 15 is 0 Å². The van der Waals surface area contributed by atoms with Crippen molar-refractivity contribution in [3.05, 3.63) is 0 Å². The number of fused-ring (bicyclic) bond motifs is 10. The average molecular weight is 298 g/mol. The first kappa shape index (κ1) is 8.23. The summed E-state index contributed by atoms with van der Waals surface area (Å²) in [4.78, 5) is 8.84. The van der Waals surface area contributed by atoms with Crippen LogP contribution in [0.25, 0.3) is 0 Å². The Kier molecular flexibility index (Phi) is 0.294. The van der Waals surface area contributed by atoms with E-state index < -0.39 is 6.51 Å². The van der Waals surface area contributed by atoms with Gasteiger partial charge in [0.1, 0.15) is 0 Å². The van der Waals surface area contributed by atoms with Crippen molar-refractivity contribution in [2.45, 2.75) is 99.5 Å². The maximum absolute atomic E-state index is 3.16. The van der Waals surface area contributed by atoms with E-state index in [1.807, 2.05) is 0 Å². The van der Waals surface area contributed by atoms with Crippen LogP contribution in [0.5, 0.6) is 0 Å². The molecule has 10 aliphatic heterocycles. The van der Waals surface area contributed by atoms with Gasteiger partial charge in [-0.25, -0.2) is 0 Å². The van der Waals surface area contributed by atoms with Crippen molar-refractivity contribution in [3.8, 4) is 0 Å². The van der Waals surface area contributed by atoms with Gasteiger partial charge in [0.15, 0.2) is 0 Å². The Balaban J connectivity index is 1.72. The van der Waals surface area contributed by atoms with Crippen molar-refractivity contribution in [1.82, 2.24) is 0 Å². The molecule has 1 spiro atoms. The van der Waals surface area contributed by atoms with Crippen LogP contribution in [0.2, 0.25) is 46.2 Å². The van der Waals surface area contributed by atoms with Gasteiger partial charge in [-0.15, -0.1) is 0 Å². The van der Waals surface area contributed by atoms with Gasteiger partial charge >= 0.3 is 106 Å². The molecule has 8 atom stereocenters. The van der Waals surface area contributed by atoms with Crippen LogP contribution < -0.4 is 0 Å². The molecule has 10 heterocycles. The molecule has 0 bridgehead atoms. The summed E-state index contributed by atoms with van der Waals surface area (Å²) in [6, 6.07) is 0. The molecule has 0 radical (unpaired) electrons. The Hall–Kier alpha value is 0.519. The van der Waals surface area contributed by atoms with Gasteiger partial charge in [0.2, 0.25) is 0 Å². The second-order valence-corrected chi connectivity index (χ2v) is 34.9. The molecule has 0 nitrogen and oxygen atoms in total. The zero-order valence-electron chi connectivity index (χ0n) is 12.6. The number of rotatable bonds is 4. The molecule has 0 aromatic heterocycles. The summed E-state index contributed by atoms with van der Waals surface area (Å²) >= 11 is 0. The van der Waals surface area contributed by atoms with Crippen LogP contribution in [-0.4, -0.2) is 0 Å². The van der Waals surface area contributed by atoms with Crippen molar-refractivity contribution in [1.29, 1.82) is 0 Å². The van der Waals surface area contributed by atoms with Gasteiger partial charge in [-0.3, -0.25) is 0 Å². The predicted octanol–water partition coefficient (Wildman–Crippen LogP) is 6.50. The van der Waals surface area contributed by atoms with E-state index in [0.29, 0.717) is 0 Å². The topological polar surface area (TPSA) is 0 Å². The number of hydrogen-bond acceptors (Lipinski definition) is 0. The van der Waals surface area contributed by atoms with Gasteiger partial charge in [0, 0.05) is 0 Å². The fourth-order valence-electron chi connectivity index (χ4n) is 23.3. The van der Waals surface area contributed by atoms with E-state index in [-0.39, 0.29) is 0 Å². The molecule has 0 aromatic rings. The summed E-state index contributed by atoms with van der Waals surface area (Å²) in [5, 5.41) is 0. The standard InChI is InChI=1S/2C9H13.Fe/c2*1-3-8-6-5-7-9(8)4-2;/h2*5-7H,3-4H2,1-2H3;. The van der Waals surface area contributed by atoms with E-state index in [9.17, 15) is 0 Å². The van der Waals surface area contributed by atoms with E-state index in [1.54, 1.807) is 25.7 Å². The van der Waals surface area contributed by atoms with Crippen LogP contribution >= 0.6 is 0 Å². The van der Waals surface area contributed by atoms with Crippen LogP contribution in [-0.2, 0) is 6.51 Å². The summed E-state index contributed by atoms with van der Waals surface area (Å²) in [7, 11) is 0. The van der Waals surface area contributed by atoms with Crippen LogP contribution in [0.4, 0.5) is 0 Å². The summed E-state index contributed by atoms with van der Waals surface area (Å²) in [5.74, 6) is 0. The molecule has 0 N–H and O–H groups in total. The van der Waals surface area contributed by atoms with Gasteiger partial charge in [-0.05, 0) is 0 Å². The summed E-state index contributed by atoms with van der Waals surface area (Å²) in [6.07, 6.45) is 6.61. The molecular formula is C18H26Fe. The van der Waals surface area contributed by atoms with Crippen LogP contribution in [0.15, 0.2) is 0 Å². The summed E-state index contributed by atoms with van der Waals surface area (Å²) in [6.45, 7) is 7.42. The van der Waals surface area contributed by atoms with Gasteiger partial charge in [-0.1, -0.05) is 0 Å². The first-order valence-electron chi connectivity index (χ1n) is 9.16. The van der Waals surface area contributed by atoms with Gasteiger partial charge < -0.3 is 0 Å².